The van der Waals surface area contributed by atoms with Gasteiger partial charge in [-0.25, -0.2) is 0 Å². The van der Waals surface area contributed by atoms with Crippen LogP contribution in [-0.2, 0) is 0 Å². The Labute approximate surface area is 68.3 Å². The summed E-state index contributed by atoms with van der Waals surface area (Å²) in [6, 6.07) is 2.72. The van der Waals surface area contributed by atoms with Crippen molar-refractivity contribution in [3.8, 4) is 17.2 Å². The van der Waals surface area contributed by atoms with Crippen molar-refractivity contribution in [3.63, 3.8) is 0 Å². The molecule has 0 atom stereocenters. The van der Waals surface area contributed by atoms with Gasteiger partial charge < -0.3 is 14.6 Å². The summed E-state index contributed by atoms with van der Waals surface area (Å²) in [6.07, 6.45) is 0. The average molecular weight is 170 g/mol. The molecule has 0 radical (unpaired) electrons. The Balaban J connectivity index is 2.54. The Morgan fingerprint density at radius 2 is 2.00 bits per heavy atom. The summed E-state index contributed by atoms with van der Waals surface area (Å²) in [4.78, 5) is 0. The highest BCUT2D eigenvalue weighted by Gasteiger charge is 2.18. The minimum atomic E-state index is -0.757. The summed E-state index contributed by atoms with van der Waals surface area (Å²) in [5.74, 6) is -0.829. The van der Waals surface area contributed by atoms with Crippen LogP contribution in [0.2, 0.25) is 0 Å². The monoisotopic (exact) mass is 170 g/mol. The smallest absolute Gasteiger partial charge is 0.210 e. The van der Waals surface area contributed by atoms with Crippen LogP contribution in [0.5, 0.6) is 17.2 Å². The maximum Gasteiger partial charge on any atom is 0.210 e. The first-order valence-electron chi connectivity index (χ1n) is 3.56. The van der Waals surface area contributed by atoms with Crippen LogP contribution >= 0.6 is 0 Å². The fourth-order valence-electron chi connectivity index (χ4n) is 1.07. The fourth-order valence-corrected chi connectivity index (χ4v) is 1.07. The van der Waals surface area contributed by atoms with Crippen LogP contribution in [0.4, 0.5) is 4.39 Å². The minimum absolute atomic E-state index is 0.00116. The molecular weight excluding hydrogens is 163 g/mol. The third-order valence-electron chi connectivity index (χ3n) is 1.63. The van der Waals surface area contributed by atoms with Crippen molar-refractivity contribution >= 4 is 0 Å². The van der Waals surface area contributed by atoms with Crippen LogP contribution in [0.1, 0.15) is 0 Å². The van der Waals surface area contributed by atoms with Crippen molar-refractivity contribution in [2.45, 2.75) is 0 Å². The molecule has 4 heteroatoms. The Morgan fingerprint density at radius 1 is 1.25 bits per heavy atom. The van der Waals surface area contributed by atoms with Gasteiger partial charge in [0.1, 0.15) is 13.2 Å². The van der Waals surface area contributed by atoms with Crippen LogP contribution in [0.3, 0.4) is 0 Å². The number of hydrogen-bond donors (Lipinski definition) is 1. The van der Waals surface area contributed by atoms with E-state index in [1.165, 1.54) is 12.1 Å². The van der Waals surface area contributed by atoms with Gasteiger partial charge >= 0.3 is 0 Å². The molecule has 1 aliphatic heterocycles. The van der Waals surface area contributed by atoms with E-state index in [0.717, 1.165) is 0 Å². The average Bonchev–Trinajstić information content (AvgIpc) is 2.12. The van der Waals surface area contributed by atoms with Crippen LogP contribution in [-0.4, -0.2) is 18.3 Å². The van der Waals surface area contributed by atoms with E-state index in [-0.39, 0.29) is 5.75 Å². The van der Waals surface area contributed by atoms with Gasteiger partial charge in [-0.1, -0.05) is 0 Å². The number of fused-ring (bicyclic) bond motifs is 1. The second kappa shape index (κ2) is 2.55. The lowest BCUT2D eigenvalue weighted by atomic mass is 10.2. The lowest BCUT2D eigenvalue weighted by Gasteiger charge is -2.18. The fraction of sp³-hybridized carbons (Fsp3) is 0.250. The highest BCUT2D eigenvalue weighted by Crippen LogP contribution is 2.36. The lowest BCUT2D eigenvalue weighted by Crippen LogP contribution is -2.16. The van der Waals surface area contributed by atoms with Gasteiger partial charge in [-0.15, -0.1) is 0 Å². The molecule has 1 aromatic rings. The normalized spacial score (nSPS) is 14.4. The van der Waals surface area contributed by atoms with Gasteiger partial charge in [0.25, 0.3) is 0 Å². The van der Waals surface area contributed by atoms with Crippen molar-refractivity contribution in [3.05, 3.63) is 17.9 Å². The Hall–Kier alpha value is -1.45. The molecule has 0 unspecified atom stereocenters. The summed E-state index contributed by atoms with van der Waals surface area (Å²) in [6.45, 7) is 0.727. The maximum absolute atomic E-state index is 13.0. The molecular formula is C8H7FO3. The second-order valence-corrected chi connectivity index (χ2v) is 2.42. The number of ether oxygens (including phenoxy) is 2. The third kappa shape index (κ3) is 0.958. The molecule has 0 aliphatic carbocycles. The van der Waals surface area contributed by atoms with Gasteiger partial charge in [-0.2, -0.15) is 4.39 Å². The molecule has 3 nitrogen and oxygen atoms in total. The Kier molecular flexibility index (Phi) is 1.53. The molecule has 1 aliphatic rings. The largest absolute Gasteiger partial charge is 0.505 e. The van der Waals surface area contributed by atoms with E-state index in [1.54, 1.807) is 0 Å². The SMILES string of the molecule is Oc1ccc2c(c1F)OCCO2. The summed E-state index contributed by atoms with van der Waals surface area (Å²) in [7, 11) is 0. The number of phenolic OH excluding ortho intramolecular Hbond substituents is 1. The summed E-state index contributed by atoms with van der Waals surface area (Å²) in [5.41, 5.74) is 0. The van der Waals surface area contributed by atoms with E-state index in [4.69, 9.17) is 14.6 Å². The zero-order chi connectivity index (χ0) is 8.55. The number of halogens is 1. The molecule has 0 bridgehead atoms. The molecule has 0 amide bonds. The molecule has 1 aromatic carbocycles. The highest BCUT2D eigenvalue weighted by atomic mass is 19.1. The summed E-state index contributed by atoms with van der Waals surface area (Å²) in [5, 5.41) is 8.96. The molecule has 0 saturated carbocycles. The molecule has 0 aromatic heterocycles. The van der Waals surface area contributed by atoms with Crippen LogP contribution in [0.25, 0.3) is 0 Å². The topological polar surface area (TPSA) is 38.7 Å². The Morgan fingerprint density at radius 3 is 2.83 bits per heavy atom. The molecule has 2 rings (SSSR count). The first kappa shape index (κ1) is 7.21. The van der Waals surface area contributed by atoms with Crippen molar-refractivity contribution in [2.24, 2.45) is 0 Å². The van der Waals surface area contributed by atoms with E-state index >= 15 is 0 Å². The number of rotatable bonds is 0. The van der Waals surface area contributed by atoms with E-state index in [9.17, 15) is 4.39 Å². The number of benzene rings is 1. The lowest BCUT2D eigenvalue weighted by molar-refractivity contribution is 0.162. The van der Waals surface area contributed by atoms with E-state index in [1.807, 2.05) is 0 Å². The molecule has 0 spiro atoms. The summed E-state index contributed by atoms with van der Waals surface area (Å²) >= 11 is 0. The predicted octanol–water partition coefficient (Wildman–Crippen LogP) is 1.30. The first-order valence-corrected chi connectivity index (χ1v) is 3.56. The van der Waals surface area contributed by atoms with Crippen LogP contribution < -0.4 is 9.47 Å². The van der Waals surface area contributed by atoms with E-state index in [2.05, 4.69) is 0 Å². The maximum atomic E-state index is 13.0. The predicted molar refractivity (Wildman–Crippen MR) is 39.1 cm³/mol. The van der Waals surface area contributed by atoms with Crippen molar-refractivity contribution in [1.29, 1.82) is 0 Å². The van der Waals surface area contributed by atoms with Gasteiger partial charge in [-0.3, -0.25) is 0 Å². The zero-order valence-corrected chi connectivity index (χ0v) is 6.21. The Bertz CT molecular complexity index is 311. The number of phenols is 1. The second-order valence-electron chi connectivity index (χ2n) is 2.42. The van der Waals surface area contributed by atoms with Crippen molar-refractivity contribution in [1.82, 2.24) is 0 Å². The molecule has 0 fully saturated rings. The zero-order valence-electron chi connectivity index (χ0n) is 6.21. The van der Waals surface area contributed by atoms with Gasteiger partial charge in [0.15, 0.2) is 11.5 Å². The minimum Gasteiger partial charge on any atom is -0.505 e. The van der Waals surface area contributed by atoms with Gasteiger partial charge in [0, 0.05) is 0 Å². The van der Waals surface area contributed by atoms with E-state index in [0.29, 0.717) is 19.0 Å². The van der Waals surface area contributed by atoms with Gasteiger partial charge in [0.05, 0.1) is 0 Å². The quantitative estimate of drug-likeness (QED) is 0.637. The van der Waals surface area contributed by atoms with Gasteiger partial charge in [-0.05, 0) is 12.1 Å². The number of hydrogen-bond acceptors (Lipinski definition) is 3. The molecule has 0 saturated heterocycles. The van der Waals surface area contributed by atoms with Crippen molar-refractivity contribution < 1.29 is 19.0 Å². The molecule has 64 valence electrons. The standard InChI is InChI=1S/C8H7FO3/c9-7-5(10)1-2-6-8(7)12-4-3-11-6/h1-2,10H,3-4H2. The highest BCUT2D eigenvalue weighted by molar-refractivity contribution is 5.47. The first-order chi connectivity index (χ1) is 5.79. The third-order valence-corrected chi connectivity index (χ3v) is 1.63. The molecule has 1 heterocycles. The number of aromatic hydroxyl groups is 1. The molecule has 1 N–H and O–H groups in total. The van der Waals surface area contributed by atoms with Crippen LogP contribution in [0.15, 0.2) is 12.1 Å². The van der Waals surface area contributed by atoms with E-state index < -0.39 is 11.6 Å². The van der Waals surface area contributed by atoms with Crippen molar-refractivity contribution in [2.75, 3.05) is 13.2 Å². The van der Waals surface area contributed by atoms with Gasteiger partial charge in [0.2, 0.25) is 11.6 Å². The molecule has 12 heavy (non-hydrogen) atoms. The summed E-state index contributed by atoms with van der Waals surface area (Å²) < 4.78 is 23.1. The van der Waals surface area contributed by atoms with Crippen LogP contribution in [0, 0.1) is 5.82 Å².